The summed E-state index contributed by atoms with van der Waals surface area (Å²) in [6, 6.07) is 0.0106. The predicted octanol–water partition coefficient (Wildman–Crippen LogP) is 1.98. The Morgan fingerprint density at radius 3 is 2.43 bits per heavy atom. The zero-order valence-corrected chi connectivity index (χ0v) is 15.4. The van der Waals surface area contributed by atoms with Gasteiger partial charge in [0.1, 0.15) is 5.82 Å². The summed E-state index contributed by atoms with van der Waals surface area (Å²) < 4.78 is 65.4. The molecule has 3 atom stereocenters. The Labute approximate surface area is 157 Å². The molecule has 156 valence electrons. The van der Waals surface area contributed by atoms with Gasteiger partial charge in [0.25, 0.3) is 11.8 Å². The maximum absolute atomic E-state index is 13.8. The van der Waals surface area contributed by atoms with Crippen LogP contribution < -0.4 is 0 Å². The summed E-state index contributed by atoms with van der Waals surface area (Å²) in [6.45, 7) is 1.75. The molecule has 1 saturated heterocycles. The molecule has 0 aromatic carbocycles. The average Bonchev–Trinajstić information content (AvgIpc) is 2.58. The molecule has 0 bridgehead atoms. The summed E-state index contributed by atoms with van der Waals surface area (Å²) in [5.41, 5.74) is -4.09. The van der Waals surface area contributed by atoms with E-state index >= 15 is 0 Å². The van der Waals surface area contributed by atoms with E-state index in [1.54, 1.807) is 6.92 Å². The Morgan fingerprint density at radius 1 is 1.32 bits per heavy atom. The zero-order chi connectivity index (χ0) is 21.4. The number of pyridine rings is 1. The number of aromatic nitrogens is 1. The molecule has 1 fully saturated rings. The monoisotopic (exact) mass is 409 g/mol. The van der Waals surface area contributed by atoms with Crippen molar-refractivity contribution in [2.45, 2.75) is 38.1 Å². The number of halogens is 5. The SMILES string of the molecule is C[C@@H]1CN(C(=O)[C@@](C)(O)C(F)(F)F)CC[C@@H]1N(C)C(=O)c1ncc(F)cc1F. The highest BCUT2D eigenvalue weighted by atomic mass is 19.4. The van der Waals surface area contributed by atoms with Crippen LogP contribution in [0.5, 0.6) is 0 Å². The fourth-order valence-corrected chi connectivity index (χ4v) is 3.21. The number of aliphatic hydroxyl groups is 1. The van der Waals surface area contributed by atoms with E-state index in [1.807, 2.05) is 0 Å². The van der Waals surface area contributed by atoms with Crippen LogP contribution in [0.4, 0.5) is 22.0 Å². The van der Waals surface area contributed by atoms with E-state index in [0.717, 1.165) is 4.90 Å². The molecule has 1 aliphatic heterocycles. The summed E-state index contributed by atoms with van der Waals surface area (Å²) in [5.74, 6) is -4.80. The van der Waals surface area contributed by atoms with E-state index in [4.69, 9.17) is 0 Å². The number of nitrogens with zero attached hydrogens (tertiary/aromatic N) is 3. The van der Waals surface area contributed by atoms with Gasteiger partial charge in [0.2, 0.25) is 5.60 Å². The van der Waals surface area contributed by atoms with Gasteiger partial charge in [-0.25, -0.2) is 13.8 Å². The van der Waals surface area contributed by atoms with Crippen molar-refractivity contribution in [3.63, 3.8) is 0 Å². The number of piperidine rings is 1. The van der Waals surface area contributed by atoms with Gasteiger partial charge in [-0.2, -0.15) is 13.2 Å². The standard InChI is InChI=1S/C17H20F5N3O3/c1-9-8-25(15(27)16(2,28)17(20,21)22)5-4-12(9)24(3)14(26)13-11(19)6-10(18)7-23-13/h6-7,9,12,28H,4-5,8H2,1-3H3/t9-,12+,16-/m1/s1. The first kappa shape index (κ1) is 22.0. The molecule has 6 nitrogen and oxygen atoms in total. The van der Waals surface area contributed by atoms with Crippen LogP contribution in [0, 0.1) is 17.6 Å². The molecule has 0 radical (unpaired) electrons. The normalized spacial score (nSPS) is 22.5. The molecule has 1 N–H and O–H groups in total. The molecule has 0 spiro atoms. The Kier molecular flexibility index (Phi) is 5.98. The smallest absolute Gasteiger partial charge is 0.373 e. The number of alkyl halides is 3. The van der Waals surface area contributed by atoms with Gasteiger partial charge < -0.3 is 14.9 Å². The fourth-order valence-electron chi connectivity index (χ4n) is 3.21. The van der Waals surface area contributed by atoms with E-state index in [-0.39, 0.29) is 19.5 Å². The van der Waals surface area contributed by atoms with E-state index in [9.17, 15) is 36.6 Å². The van der Waals surface area contributed by atoms with Gasteiger partial charge in [-0.15, -0.1) is 0 Å². The van der Waals surface area contributed by atoms with Crippen LogP contribution in [0.1, 0.15) is 30.8 Å². The van der Waals surface area contributed by atoms with Crippen molar-refractivity contribution in [2.75, 3.05) is 20.1 Å². The minimum atomic E-state index is -5.12. The van der Waals surface area contributed by atoms with Crippen molar-refractivity contribution in [1.29, 1.82) is 0 Å². The van der Waals surface area contributed by atoms with Crippen LogP contribution in [-0.4, -0.2) is 69.7 Å². The van der Waals surface area contributed by atoms with Crippen LogP contribution in [0.15, 0.2) is 12.3 Å². The van der Waals surface area contributed by atoms with Gasteiger partial charge in [0.15, 0.2) is 11.5 Å². The molecule has 1 aliphatic rings. The van der Waals surface area contributed by atoms with Crippen LogP contribution in [0.3, 0.4) is 0 Å². The summed E-state index contributed by atoms with van der Waals surface area (Å²) in [5, 5.41) is 9.56. The molecule has 2 rings (SSSR count). The molecule has 2 heterocycles. The number of rotatable bonds is 3. The summed E-state index contributed by atoms with van der Waals surface area (Å²) >= 11 is 0. The molecule has 1 aromatic rings. The number of hydrogen-bond acceptors (Lipinski definition) is 4. The minimum Gasteiger partial charge on any atom is -0.373 e. The number of carbonyl (C=O) groups is 2. The molecule has 1 aromatic heterocycles. The quantitative estimate of drug-likeness (QED) is 0.775. The van der Waals surface area contributed by atoms with Gasteiger partial charge in [0.05, 0.1) is 6.20 Å². The lowest BCUT2D eigenvalue weighted by Crippen LogP contribution is -2.60. The number of likely N-dealkylation sites (tertiary alicyclic amines) is 1. The summed E-state index contributed by atoms with van der Waals surface area (Å²) in [6.07, 6.45) is -4.30. The Hall–Kier alpha value is -2.30. The lowest BCUT2D eigenvalue weighted by atomic mass is 9.91. The predicted molar refractivity (Wildman–Crippen MR) is 87.1 cm³/mol. The second kappa shape index (κ2) is 7.61. The molecular weight excluding hydrogens is 389 g/mol. The van der Waals surface area contributed by atoms with Gasteiger partial charge in [0, 0.05) is 32.2 Å². The second-order valence-electron chi connectivity index (χ2n) is 7.05. The van der Waals surface area contributed by atoms with Crippen molar-refractivity contribution in [1.82, 2.24) is 14.8 Å². The van der Waals surface area contributed by atoms with Gasteiger partial charge in [-0.05, 0) is 19.3 Å². The van der Waals surface area contributed by atoms with E-state index in [1.165, 1.54) is 11.9 Å². The second-order valence-corrected chi connectivity index (χ2v) is 7.05. The third-order valence-electron chi connectivity index (χ3n) is 4.94. The molecule has 11 heteroatoms. The zero-order valence-electron chi connectivity index (χ0n) is 15.4. The third kappa shape index (κ3) is 4.08. The lowest BCUT2D eigenvalue weighted by molar-refractivity contribution is -0.251. The van der Waals surface area contributed by atoms with E-state index in [2.05, 4.69) is 4.98 Å². The number of carbonyl (C=O) groups excluding carboxylic acids is 2. The highest BCUT2D eigenvalue weighted by molar-refractivity contribution is 5.92. The Bertz CT molecular complexity index is 769. The van der Waals surface area contributed by atoms with Gasteiger partial charge in [-0.3, -0.25) is 9.59 Å². The molecular formula is C17H20F5N3O3. The maximum atomic E-state index is 13.8. The highest BCUT2D eigenvalue weighted by Crippen LogP contribution is 2.33. The first-order valence-corrected chi connectivity index (χ1v) is 8.44. The largest absolute Gasteiger partial charge is 0.426 e. The van der Waals surface area contributed by atoms with Crippen molar-refractivity contribution >= 4 is 11.8 Å². The first-order valence-electron chi connectivity index (χ1n) is 8.44. The van der Waals surface area contributed by atoms with Gasteiger partial charge in [-0.1, -0.05) is 6.92 Å². The van der Waals surface area contributed by atoms with Crippen molar-refractivity contribution in [3.8, 4) is 0 Å². The van der Waals surface area contributed by atoms with Crippen LogP contribution in [0.25, 0.3) is 0 Å². The molecule has 0 saturated carbocycles. The molecule has 0 unspecified atom stereocenters. The Morgan fingerprint density at radius 2 is 1.93 bits per heavy atom. The molecule has 28 heavy (non-hydrogen) atoms. The van der Waals surface area contributed by atoms with Crippen LogP contribution in [-0.2, 0) is 4.79 Å². The fraction of sp³-hybridized carbons (Fsp3) is 0.588. The molecule has 0 aliphatic carbocycles. The van der Waals surface area contributed by atoms with Crippen molar-refractivity contribution in [3.05, 3.63) is 29.6 Å². The van der Waals surface area contributed by atoms with E-state index < -0.39 is 52.9 Å². The topological polar surface area (TPSA) is 73.7 Å². The first-order chi connectivity index (χ1) is 12.8. The van der Waals surface area contributed by atoms with Crippen LogP contribution >= 0.6 is 0 Å². The number of hydrogen-bond donors (Lipinski definition) is 1. The summed E-state index contributed by atoms with van der Waals surface area (Å²) in [7, 11) is 1.37. The minimum absolute atomic E-state index is 0.117. The van der Waals surface area contributed by atoms with Crippen molar-refractivity contribution in [2.24, 2.45) is 5.92 Å². The average molecular weight is 409 g/mol. The summed E-state index contributed by atoms with van der Waals surface area (Å²) in [4.78, 5) is 30.1. The van der Waals surface area contributed by atoms with Crippen molar-refractivity contribution < 1.29 is 36.6 Å². The third-order valence-corrected chi connectivity index (χ3v) is 4.94. The Balaban J connectivity index is 2.11. The number of amides is 2. The lowest BCUT2D eigenvalue weighted by Gasteiger charge is -2.43. The van der Waals surface area contributed by atoms with E-state index in [0.29, 0.717) is 19.2 Å². The maximum Gasteiger partial charge on any atom is 0.426 e. The van der Waals surface area contributed by atoms with Gasteiger partial charge >= 0.3 is 6.18 Å². The van der Waals surface area contributed by atoms with Crippen LogP contribution in [0.2, 0.25) is 0 Å². The molecule has 2 amide bonds. The highest BCUT2D eigenvalue weighted by Gasteiger charge is 2.57.